The number of rotatable bonds is 0. The molecule has 0 bridgehead atoms. The van der Waals surface area contributed by atoms with Crippen molar-refractivity contribution in [2.75, 3.05) is 0 Å². The fraction of sp³-hybridized carbons (Fsp3) is 0.286. The molecule has 52 valence electrons. The minimum absolute atomic E-state index is 0.0208. The summed E-state index contributed by atoms with van der Waals surface area (Å²) in [6.07, 6.45) is 1.33. The highest BCUT2D eigenvalue weighted by molar-refractivity contribution is 5.83. The smallest absolute Gasteiger partial charge is 0.233 e. The average Bonchev–Trinajstić information content (AvgIpc) is 2.39. The van der Waals surface area contributed by atoms with Gasteiger partial charge in [0.25, 0.3) is 0 Å². The first-order chi connectivity index (χ1) is 4.79. The van der Waals surface area contributed by atoms with E-state index in [0.717, 1.165) is 0 Å². The maximum atomic E-state index is 10.9. The van der Waals surface area contributed by atoms with E-state index in [1.165, 1.54) is 4.57 Å². The molecule has 1 aliphatic heterocycles. The number of aromatic nitrogens is 1. The van der Waals surface area contributed by atoms with Gasteiger partial charge in [0.2, 0.25) is 5.91 Å². The molecule has 3 nitrogen and oxygen atoms in total. The monoisotopic (exact) mass is 137 g/mol. The molecule has 1 atom stereocenters. The molecule has 0 saturated heterocycles. The lowest BCUT2D eigenvalue weighted by Crippen LogP contribution is -2.00. The molecule has 0 unspecified atom stereocenters. The molecule has 0 aromatic carbocycles. The van der Waals surface area contributed by atoms with Crippen molar-refractivity contribution in [3.8, 4) is 0 Å². The van der Waals surface area contributed by atoms with Crippen molar-refractivity contribution in [1.29, 1.82) is 0 Å². The molecular weight excluding hydrogens is 130 g/mol. The third kappa shape index (κ3) is 0.552. The Morgan fingerprint density at radius 2 is 2.50 bits per heavy atom. The summed E-state index contributed by atoms with van der Waals surface area (Å²) in [6, 6.07) is 3.52. The molecule has 1 aromatic heterocycles. The summed E-state index contributed by atoms with van der Waals surface area (Å²) in [4.78, 5) is 10.9. The molecular formula is C7H7NO2. The Hall–Kier alpha value is -1.09. The van der Waals surface area contributed by atoms with Crippen molar-refractivity contribution in [2.45, 2.75) is 12.5 Å². The van der Waals surface area contributed by atoms with Crippen molar-refractivity contribution in [3.05, 3.63) is 24.0 Å². The van der Waals surface area contributed by atoms with E-state index < -0.39 is 6.10 Å². The number of aliphatic hydroxyl groups is 1. The lowest BCUT2D eigenvalue weighted by molar-refractivity contribution is 0.0879. The molecule has 2 heterocycles. The summed E-state index contributed by atoms with van der Waals surface area (Å²) >= 11 is 0. The van der Waals surface area contributed by atoms with Crippen LogP contribution in [0.3, 0.4) is 0 Å². The molecule has 0 radical (unpaired) electrons. The first kappa shape index (κ1) is 5.68. The maximum absolute atomic E-state index is 10.9. The normalized spacial score (nSPS) is 23.3. The van der Waals surface area contributed by atoms with Gasteiger partial charge in [-0.25, -0.2) is 0 Å². The van der Waals surface area contributed by atoms with E-state index in [9.17, 15) is 9.90 Å². The predicted molar refractivity (Wildman–Crippen MR) is 34.6 cm³/mol. The van der Waals surface area contributed by atoms with Crippen LogP contribution in [0.2, 0.25) is 0 Å². The predicted octanol–water partition coefficient (Wildman–Crippen LogP) is 0.565. The molecule has 1 N–H and O–H groups in total. The van der Waals surface area contributed by atoms with E-state index in [0.29, 0.717) is 5.69 Å². The van der Waals surface area contributed by atoms with Gasteiger partial charge in [-0.2, -0.15) is 0 Å². The van der Waals surface area contributed by atoms with Gasteiger partial charge in [0.1, 0.15) is 6.10 Å². The second-order valence-corrected chi connectivity index (χ2v) is 2.42. The second-order valence-electron chi connectivity index (χ2n) is 2.42. The third-order valence-corrected chi connectivity index (χ3v) is 1.76. The van der Waals surface area contributed by atoms with Crippen LogP contribution >= 0.6 is 0 Å². The largest absolute Gasteiger partial charge is 0.386 e. The van der Waals surface area contributed by atoms with Crippen LogP contribution in [0, 0.1) is 0 Å². The van der Waals surface area contributed by atoms with Crippen LogP contribution in [0.1, 0.15) is 23.0 Å². The lowest BCUT2D eigenvalue weighted by Gasteiger charge is -1.94. The van der Waals surface area contributed by atoms with Crippen molar-refractivity contribution in [3.63, 3.8) is 0 Å². The summed E-state index contributed by atoms with van der Waals surface area (Å²) in [7, 11) is 0. The molecule has 0 aliphatic carbocycles. The Kier molecular flexibility index (Phi) is 0.964. The number of carbonyl (C=O) groups excluding carboxylic acids is 1. The number of carbonyl (C=O) groups is 1. The Morgan fingerprint density at radius 3 is 3.20 bits per heavy atom. The summed E-state index contributed by atoms with van der Waals surface area (Å²) in [5.41, 5.74) is 0.713. The second kappa shape index (κ2) is 1.70. The van der Waals surface area contributed by atoms with Crippen LogP contribution in [0.15, 0.2) is 18.3 Å². The molecule has 3 heteroatoms. The highest BCUT2D eigenvalue weighted by Crippen LogP contribution is 2.24. The van der Waals surface area contributed by atoms with E-state index >= 15 is 0 Å². The van der Waals surface area contributed by atoms with Crippen LogP contribution in [-0.4, -0.2) is 15.6 Å². The zero-order valence-corrected chi connectivity index (χ0v) is 5.32. The van der Waals surface area contributed by atoms with Crippen LogP contribution in [-0.2, 0) is 0 Å². The van der Waals surface area contributed by atoms with Crippen LogP contribution < -0.4 is 0 Å². The standard InChI is InChI=1S/C7H7NO2/c9-6-4-7(10)8-3-1-2-5(6)8/h1-3,6,9H,4H2/t6-/m1/s1. The van der Waals surface area contributed by atoms with Crippen molar-refractivity contribution in [2.24, 2.45) is 0 Å². The topological polar surface area (TPSA) is 42.2 Å². The van der Waals surface area contributed by atoms with E-state index in [-0.39, 0.29) is 12.3 Å². The molecule has 10 heavy (non-hydrogen) atoms. The molecule has 0 fully saturated rings. The fourth-order valence-electron chi connectivity index (χ4n) is 1.26. The van der Waals surface area contributed by atoms with E-state index in [4.69, 9.17) is 0 Å². The number of nitrogens with zero attached hydrogens (tertiary/aromatic N) is 1. The first-order valence-corrected chi connectivity index (χ1v) is 3.17. The molecule has 0 saturated carbocycles. The minimum Gasteiger partial charge on any atom is -0.386 e. The number of hydrogen-bond donors (Lipinski definition) is 1. The van der Waals surface area contributed by atoms with Gasteiger partial charge in [-0.3, -0.25) is 9.36 Å². The molecule has 1 aromatic rings. The van der Waals surface area contributed by atoms with Gasteiger partial charge in [-0.05, 0) is 12.1 Å². The molecule has 0 spiro atoms. The average molecular weight is 137 g/mol. The van der Waals surface area contributed by atoms with Crippen LogP contribution in [0.25, 0.3) is 0 Å². The van der Waals surface area contributed by atoms with Crippen molar-refractivity contribution >= 4 is 5.91 Å². The lowest BCUT2D eigenvalue weighted by atomic mass is 10.2. The molecule has 1 aliphatic rings. The SMILES string of the molecule is O=C1C[C@@H](O)c2cccn21. The minimum atomic E-state index is -0.581. The Labute approximate surface area is 57.9 Å². The Morgan fingerprint density at radius 1 is 1.70 bits per heavy atom. The summed E-state index contributed by atoms with van der Waals surface area (Å²) in [6.45, 7) is 0. The van der Waals surface area contributed by atoms with Crippen LogP contribution in [0.4, 0.5) is 0 Å². The zero-order valence-electron chi connectivity index (χ0n) is 5.32. The Balaban J connectivity index is 2.58. The van der Waals surface area contributed by atoms with Gasteiger partial charge >= 0.3 is 0 Å². The van der Waals surface area contributed by atoms with Gasteiger partial charge in [-0.15, -0.1) is 0 Å². The summed E-state index contributed by atoms with van der Waals surface area (Å²) in [5.74, 6) is -0.0208. The summed E-state index contributed by atoms with van der Waals surface area (Å²) < 4.78 is 1.49. The first-order valence-electron chi connectivity index (χ1n) is 3.17. The van der Waals surface area contributed by atoms with E-state index in [2.05, 4.69) is 0 Å². The number of fused-ring (bicyclic) bond motifs is 1. The molecule has 2 rings (SSSR count). The van der Waals surface area contributed by atoms with Crippen molar-refractivity contribution < 1.29 is 9.90 Å². The number of hydrogen-bond acceptors (Lipinski definition) is 2. The molecule has 0 amide bonds. The van der Waals surface area contributed by atoms with Crippen molar-refractivity contribution in [1.82, 2.24) is 4.57 Å². The highest BCUT2D eigenvalue weighted by atomic mass is 16.3. The van der Waals surface area contributed by atoms with Crippen LogP contribution in [0.5, 0.6) is 0 Å². The van der Waals surface area contributed by atoms with Gasteiger partial charge in [0.15, 0.2) is 0 Å². The van der Waals surface area contributed by atoms with Gasteiger partial charge in [-0.1, -0.05) is 0 Å². The number of aliphatic hydroxyl groups excluding tert-OH is 1. The van der Waals surface area contributed by atoms with Gasteiger partial charge in [0, 0.05) is 6.20 Å². The van der Waals surface area contributed by atoms with E-state index in [1.807, 2.05) is 0 Å². The van der Waals surface area contributed by atoms with E-state index in [1.54, 1.807) is 18.3 Å². The van der Waals surface area contributed by atoms with Gasteiger partial charge in [0.05, 0.1) is 12.1 Å². The van der Waals surface area contributed by atoms with Gasteiger partial charge < -0.3 is 5.11 Å². The Bertz CT molecular complexity index is 277. The maximum Gasteiger partial charge on any atom is 0.233 e. The zero-order chi connectivity index (χ0) is 7.14. The fourth-order valence-corrected chi connectivity index (χ4v) is 1.26. The third-order valence-electron chi connectivity index (χ3n) is 1.76. The highest BCUT2D eigenvalue weighted by Gasteiger charge is 2.25. The summed E-state index contributed by atoms with van der Waals surface area (Å²) in [5, 5.41) is 9.20. The quantitative estimate of drug-likeness (QED) is 0.567.